The topological polar surface area (TPSA) is 94.2 Å². The summed E-state index contributed by atoms with van der Waals surface area (Å²) in [4.78, 5) is 36.5. The minimum Gasteiger partial charge on any atom is -0.454 e. The first kappa shape index (κ1) is 16.6. The first-order chi connectivity index (χ1) is 10.9. The molecule has 0 saturated carbocycles. The fourth-order valence-corrected chi connectivity index (χ4v) is 1.95. The van der Waals surface area contributed by atoms with Gasteiger partial charge in [-0.2, -0.15) is 0 Å². The Morgan fingerprint density at radius 3 is 2.65 bits per heavy atom. The Hall–Kier alpha value is -2.77. The molecule has 1 atom stereocenters. The average Bonchev–Trinajstić information content (AvgIpc) is 2.99. The number of amides is 2. The van der Waals surface area contributed by atoms with Crippen LogP contribution >= 0.6 is 0 Å². The van der Waals surface area contributed by atoms with E-state index in [2.05, 4.69) is 5.32 Å². The number of hydrogen-bond donors (Lipinski definition) is 1. The van der Waals surface area contributed by atoms with Gasteiger partial charge in [-0.1, -0.05) is 0 Å². The van der Waals surface area contributed by atoms with Crippen LogP contribution in [0.2, 0.25) is 0 Å². The molecule has 0 unspecified atom stereocenters. The Bertz CT molecular complexity index is 628. The average molecular weight is 322 g/mol. The second-order valence-corrected chi connectivity index (χ2v) is 5.12. The quantitative estimate of drug-likeness (QED) is 0.776. The summed E-state index contributed by atoms with van der Waals surface area (Å²) in [5.41, 5.74) is 0.333. The normalized spacial score (nSPS) is 13.2. The Labute approximate surface area is 133 Å². The van der Waals surface area contributed by atoms with Crippen molar-refractivity contribution in [3.8, 4) is 11.5 Å². The Morgan fingerprint density at radius 1 is 1.26 bits per heavy atom. The molecule has 1 aromatic carbocycles. The smallest absolute Gasteiger partial charge is 0.326 e. The number of carbonyl (C=O) groups is 3. The molecule has 0 fully saturated rings. The second kappa shape index (κ2) is 6.99. The molecule has 2 amide bonds. The summed E-state index contributed by atoms with van der Waals surface area (Å²) in [6.07, 6.45) is -0.903. The molecule has 1 N–H and O–H groups in total. The van der Waals surface area contributed by atoms with Gasteiger partial charge < -0.3 is 24.4 Å². The van der Waals surface area contributed by atoms with E-state index in [1.165, 1.54) is 17.9 Å². The molecular formula is C15H18N2O6. The van der Waals surface area contributed by atoms with Crippen molar-refractivity contribution in [2.24, 2.45) is 0 Å². The van der Waals surface area contributed by atoms with Gasteiger partial charge in [0, 0.05) is 19.7 Å². The van der Waals surface area contributed by atoms with E-state index >= 15 is 0 Å². The van der Waals surface area contributed by atoms with E-state index in [1.807, 2.05) is 0 Å². The van der Waals surface area contributed by atoms with E-state index < -0.39 is 18.0 Å². The molecule has 1 aliphatic heterocycles. The summed E-state index contributed by atoms with van der Waals surface area (Å²) in [6, 6.07) is 4.71. The molecule has 23 heavy (non-hydrogen) atoms. The largest absolute Gasteiger partial charge is 0.454 e. The highest BCUT2D eigenvalue weighted by Gasteiger charge is 2.20. The number of fused-ring (bicyclic) bond motifs is 1. The number of nitrogens with one attached hydrogen (secondary N) is 1. The van der Waals surface area contributed by atoms with Crippen LogP contribution in [0.5, 0.6) is 11.5 Å². The third kappa shape index (κ3) is 4.12. The number of likely N-dealkylation sites (N-methyl/N-ethyl adjacent to an activating group) is 1. The van der Waals surface area contributed by atoms with Crippen LogP contribution in [-0.2, 0) is 14.3 Å². The van der Waals surface area contributed by atoms with Crippen LogP contribution in [0.15, 0.2) is 18.2 Å². The van der Waals surface area contributed by atoms with E-state index in [0.717, 1.165) is 0 Å². The predicted molar refractivity (Wildman–Crippen MR) is 79.1 cm³/mol. The van der Waals surface area contributed by atoms with E-state index in [0.29, 0.717) is 17.1 Å². The summed E-state index contributed by atoms with van der Waals surface area (Å²) in [5.74, 6) is -0.434. The zero-order valence-corrected chi connectivity index (χ0v) is 13.1. The highest BCUT2D eigenvalue weighted by molar-refractivity contribution is 5.96. The molecule has 0 bridgehead atoms. The van der Waals surface area contributed by atoms with Crippen LogP contribution in [0, 0.1) is 0 Å². The molecule has 1 heterocycles. The number of nitrogens with zero attached hydrogens (tertiary/aromatic N) is 1. The third-order valence-electron chi connectivity index (χ3n) is 3.12. The van der Waals surface area contributed by atoms with E-state index in [4.69, 9.17) is 14.2 Å². The van der Waals surface area contributed by atoms with Crippen molar-refractivity contribution >= 4 is 17.8 Å². The van der Waals surface area contributed by atoms with Crippen molar-refractivity contribution in [3.63, 3.8) is 0 Å². The molecule has 0 spiro atoms. The van der Waals surface area contributed by atoms with Gasteiger partial charge in [-0.15, -0.1) is 0 Å². The molecule has 2 rings (SSSR count). The number of hydrogen-bond acceptors (Lipinski definition) is 6. The van der Waals surface area contributed by atoms with Gasteiger partial charge in [0.1, 0.15) is 6.54 Å². The van der Waals surface area contributed by atoms with Gasteiger partial charge in [0.25, 0.3) is 11.8 Å². The summed E-state index contributed by atoms with van der Waals surface area (Å²) in [6.45, 7) is 1.25. The maximum Gasteiger partial charge on any atom is 0.326 e. The van der Waals surface area contributed by atoms with Gasteiger partial charge in [-0.05, 0) is 25.1 Å². The zero-order valence-electron chi connectivity index (χ0n) is 13.1. The minimum atomic E-state index is -0.903. The van der Waals surface area contributed by atoms with Crippen LogP contribution in [0.25, 0.3) is 0 Å². The number of rotatable bonds is 5. The highest BCUT2D eigenvalue weighted by atomic mass is 16.7. The van der Waals surface area contributed by atoms with Gasteiger partial charge in [0.2, 0.25) is 6.79 Å². The fraction of sp³-hybridized carbons (Fsp3) is 0.400. The van der Waals surface area contributed by atoms with E-state index in [1.54, 1.807) is 26.2 Å². The fourth-order valence-electron chi connectivity index (χ4n) is 1.95. The lowest BCUT2D eigenvalue weighted by molar-refractivity contribution is -0.157. The van der Waals surface area contributed by atoms with Crippen LogP contribution in [-0.4, -0.2) is 56.2 Å². The van der Waals surface area contributed by atoms with Gasteiger partial charge in [0.15, 0.2) is 17.6 Å². The van der Waals surface area contributed by atoms with Crippen molar-refractivity contribution < 1.29 is 28.6 Å². The lowest BCUT2D eigenvalue weighted by Gasteiger charge is -2.17. The highest BCUT2D eigenvalue weighted by Crippen LogP contribution is 2.32. The minimum absolute atomic E-state index is 0.116. The van der Waals surface area contributed by atoms with Crippen molar-refractivity contribution in [2.75, 3.05) is 27.4 Å². The zero-order chi connectivity index (χ0) is 17.0. The number of esters is 1. The van der Waals surface area contributed by atoms with Crippen LogP contribution in [0.4, 0.5) is 0 Å². The van der Waals surface area contributed by atoms with Crippen molar-refractivity contribution in [3.05, 3.63) is 23.8 Å². The molecular weight excluding hydrogens is 304 g/mol. The molecule has 0 aromatic heterocycles. The maximum absolute atomic E-state index is 12.0. The molecule has 0 saturated heterocycles. The molecule has 1 aromatic rings. The summed E-state index contributed by atoms with van der Waals surface area (Å²) >= 11 is 0. The first-order valence-electron chi connectivity index (χ1n) is 6.97. The molecule has 8 nitrogen and oxygen atoms in total. The maximum atomic E-state index is 12.0. The van der Waals surface area contributed by atoms with Crippen LogP contribution < -0.4 is 14.8 Å². The molecule has 8 heteroatoms. The van der Waals surface area contributed by atoms with Crippen LogP contribution in [0.3, 0.4) is 0 Å². The Morgan fingerprint density at radius 2 is 1.96 bits per heavy atom. The SMILES string of the molecule is C[C@H](OC(=O)CNC(=O)c1ccc2c(c1)OCO2)C(=O)N(C)C. The van der Waals surface area contributed by atoms with Gasteiger partial charge in [0.05, 0.1) is 0 Å². The monoisotopic (exact) mass is 322 g/mol. The van der Waals surface area contributed by atoms with Gasteiger partial charge in [-0.25, -0.2) is 0 Å². The van der Waals surface area contributed by atoms with Gasteiger partial charge in [-0.3, -0.25) is 14.4 Å². The predicted octanol–water partition coefficient (Wildman–Crippen LogP) is 0.165. The van der Waals surface area contributed by atoms with Crippen LogP contribution in [0.1, 0.15) is 17.3 Å². The van der Waals surface area contributed by atoms with Gasteiger partial charge >= 0.3 is 5.97 Å². The Kier molecular flexibility index (Phi) is 5.05. The summed E-state index contributed by atoms with van der Waals surface area (Å²) in [7, 11) is 3.13. The second-order valence-electron chi connectivity index (χ2n) is 5.12. The number of carbonyl (C=O) groups excluding carboxylic acids is 3. The standard InChI is InChI=1S/C15H18N2O6/c1-9(15(20)17(2)3)23-13(18)7-16-14(19)10-4-5-11-12(6-10)22-8-21-11/h4-6,9H,7-8H2,1-3H3,(H,16,19)/t9-/m0/s1. The summed E-state index contributed by atoms with van der Waals surface area (Å²) in [5, 5.41) is 2.43. The molecule has 0 aliphatic carbocycles. The molecule has 0 radical (unpaired) electrons. The van der Waals surface area contributed by atoms with Crippen molar-refractivity contribution in [2.45, 2.75) is 13.0 Å². The number of benzene rings is 1. The molecule has 124 valence electrons. The first-order valence-corrected chi connectivity index (χ1v) is 6.97. The third-order valence-corrected chi connectivity index (χ3v) is 3.12. The van der Waals surface area contributed by atoms with E-state index in [-0.39, 0.29) is 19.2 Å². The number of ether oxygens (including phenoxy) is 3. The van der Waals surface area contributed by atoms with Crippen molar-refractivity contribution in [1.82, 2.24) is 10.2 Å². The van der Waals surface area contributed by atoms with Crippen molar-refractivity contribution in [1.29, 1.82) is 0 Å². The lowest BCUT2D eigenvalue weighted by Crippen LogP contribution is -2.38. The summed E-state index contributed by atoms with van der Waals surface area (Å²) < 4.78 is 15.3. The molecule has 1 aliphatic rings. The lowest BCUT2D eigenvalue weighted by atomic mass is 10.2. The Balaban J connectivity index is 1.84. The van der Waals surface area contributed by atoms with E-state index in [9.17, 15) is 14.4 Å².